The van der Waals surface area contributed by atoms with Crippen molar-refractivity contribution in [1.29, 1.82) is 0 Å². The first-order valence-corrected chi connectivity index (χ1v) is 17.3. The third-order valence-corrected chi connectivity index (χ3v) is 9.29. The topological polar surface area (TPSA) is 110 Å². The SMILES string of the molecule is CCOC(=O)C1=C(C)N=c2s/c(=C/c3cn(Cc4ccc(C(=O)OCC)cc4)c4ccccc34)c(=O)n2[C@@H]1c1ccc(OC(C)C)c(OC)c1. The Bertz CT molecular complexity index is 2290. The number of fused-ring (bicyclic) bond motifs is 2. The van der Waals surface area contributed by atoms with Crippen molar-refractivity contribution in [2.24, 2.45) is 4.99 Å². The molecule has 0 saturated carbocycles. The Morgan fingerprint density at radius 1 is 0.960 bits per heavy atom. The maximum absolute atomic E-state index is 14.4. The summed E-state index contributed by atoms with van der Waals surface area (Å²) in [6, 6.07) is 20.0. The molecule has 0 radical (unpaired) electrons. The molecule has 258 valence electrons. The number of hydrogen-bond acceptors (Lipinski definition) is 9. The van der Waals surface area contributed by atoms with E-state index < -0.39 is 12.0 Å². The molecule has 3 aromatic carbocycles. The number of hydrogen-bond donors (Lipinski definition) is 0. The maximum atomic E-state index is 14.4. The summed E-state index contributed by atoms with van der Waals surface area (Å²) in [7, 11) is 1.56. The summed E-state index contributed by atoms with van der Waals surface area (Å²) in [4.78, 5) is 45.1. The zero-order valence-electron chi connectivity index (χ0n) is 28.9. The molecule has 1 aliphatic rings. The number of aromatic nitrogens is 2. The summed E-state index contributed by atoms with van der Waals surface area (Å²) in [5, 5.41) is 0.979. The van der Waals surface area contributed by atoms with Crippen LogP contribution in [-0.2, 0) is 20.8 Å². The molecule has 0 spiro atoms. The van der Waals surface area contributed by atoms with Gasteiger partial charge in [-0.3, -0.25) is 9.36 Å². The predicted molar refractivity (Wildman–Crippen MR) is 193 cm³/mol. The molecular weight excluding hydrogens is 655 g/mol. The van der Waals surface area contributed by atoms with E-state index in [2.05, 4.69) is 4.57 Å². The van der Waals surface area contributed by atoms with E-state index in [0.29, 0.717) is 50.8 Å². The second-order valence-corrected chi connectivity index (χ2v) is 13.0. The van der Waals surface area contributed by atoms with Crippen molar-refractivity contribution >= 4 is 40.3 Å². The normalized spacial score (nSPS) is 14.5. The van der Waals surface area contributed by atoms with Crippen molar-refractivity contribution in [1.82, 2.24) is 9.13 Å². The summed E-state index contributed by atoms with van der Waals surface area (Å²) < 4.78 is 26.3. The van der Waals surface area contributed by atoms with Gasteiger partial charge in [-0.15, -0.1) is 0 Å². The molecule has 0 amide bonds. The van der Waals surface area contributed by atoms with Gasteiger partial charge in [-0.25, -0.2) is 14.6 Å². The Kier molecular flexibility index (Phi) is 10.1. The smallest absolute Gasteiger partial charge is 0.338 e. The maximum Gasteiger partial charge on any atom is 0.338 e. The fraction of sp³-hybridized carbons (Fsp3) is 0.282. The predicted octanol–water partition coefficient (Wildman–Crippen LogP) is 5.77. The molecule has 1 aliphatic heterocycles. The minimum Gasteiger partial charge on any atom is -0.493 e. The number of ether oxygens (including phenoxy) is 4. The van der Waals surface area contributed by atoms with Crippen molar-refractivity contribution < 1.29 is 28.5 Å². The van der Waals surface area contributed by atoms with Crippen LogP contribution in [0.5, 0.6) is 11.5 Å². The highest BCUT2D eigenvalue weighted by Gasteiger charge is 2.34. The van der Waals surface area contributed by atoms with Gasteiger partial charge in [0.25, 0.3) is 5.56 Å². The molecule has 1 atom stereocenters. The van der Waals surface area contributed by atoms with Crippen LogP contribution in [0.1, 0.15) is 67.7 Å². The quantitative estimate of drug-likeness (QED) is 0.162. The van der Waals surface area contributed by atoms with Gasteiger partial charge in [0.2, 0.25) is 0 Å². The number of carbonyl (C=O) groups is 2. The lowest BCUT2D eigenvalue weighted by Gasteiger charge is -2.25. The van der Waals surface area contributed by atoms with E-state index in [-0.39, 0.29) is 29.8 Å². The first-order chi connectivity index (χ1) is 24.1. The van der Waals surface area contributed by atoms with Crippen LogP contribution in [0.15, 0.2) is 94.0 Å². The lowest BCUT2D eigenvalue weighted by Crippen LogP contribution is -2.40. The molecule has 3 heterocycles. The van der Waals surface area contributed by atoms with E-state index in [1.54, 1.807) is 56.7 Å². The number of rotatable bonds is 11. The third-order valence-electron chi connectivity index (χ3n) is 8.31. The minimum atomic E-state index is -0.798. The number of thiazole rings is 1. The summed E-state index contributed by atoms with van der Waals surface area (Å²) in [5.74, 6) is 0.160. The number of para-hydroxylation sites is 1. The van der Waals surface area contributed by atoms with Crippen LogP contribution in [0.2, 0.25) is 0 Å². The number of allylic oxidation sites excluding steroid dienone is 1. The highest BCUT2D eigenvalue weighted by atomic mass is 32.1. The van der Waals surface area contributed by atoms with E-state index >= 15 is 0 Å². The molecule has 10 nitrogen and oxygen atoms in total. The Morgan fingerprint density at radius 3 is 2.38 bits per heavy atom. The molecular formula is C39H39N3O7S. The summed E-state index contributed by atoms with van der Waals surface area (Å²) in [6.45, 7) is 10.2. The fourth-order valence-corrected chi connectivity index (χ4v) is 7.17. The summed E-state index contributed by atoms with van der Waals surface area (Å²) in [5.41, 5.74) is 4.52. The lowest BCUT2D eigenvalue weighted by molar-refractivity contribution is -0.139. The van der Waals surface area contributed by atoms with Gasteiger partial charge < -0.3 is 23.5 Å². The highest BCUT2D eigenvalue weighted by molar-refractivity contribution is 7.07. The van der Waals surface area contributed by atoms with Gasteiger partial charge in [0.05, 0.1) is 53.8 Å². The summed E-state index contributed by atoms with van der Waals surface area (Å²) in [6.07, 6.45) is 3.83. The molecule has 0 fully saturated rings. The second kappa shape index (κ2) is 14.6. The van der Waals surface area contributed by atoms with Crippen LogP contribution in [0.25, 0.3) is 17.0 Å². The lowest BCUT2D eigenvalue weighted by atomic mass is 9.95. The zero-order chi connectivity index (χ0) is 35.5. The number of methoxy groups -OCH3 is 1. The van der Waals surface area contributed by atoms with Gasteiger partial charge >= 0.3 is 11.9 Å². The van der Waals surface area contributed by atoms with E-state index in [0.717, 1.165) is 22.0 Å². The van der Waals surface area contributed by atoms with Gasteiger partial charge in [-0.1, -0.05) is 47.7 Å². The van der Waals surface area contributed by atoms with Crippen LogP contribution in [-0.4, -0.2) is 47.5 Å². The third kappa shape index (κ3) is 6.73. The Balaban J connectivity index is 1.45. The van der Waals surface area contributed by atoms with Crippen LogP contribution < -0.4 is 24.4 Å². The van der Waals surface area contributed by atoms with Gasteiger partial charge in [0, 0.05) is 29.2 Å². The molecule has 11 heteroatoms. The number of nitrogens with zero attached hydrogens (tertiary/aromatic N) is 3. The highest BCUT2D eigenvalue weighted by Crippen LogP contribution is 2.36. The first-order valence-electron chi connectivity index (χ1n) is 16.5. The number of esters is 2. The van der Waals surface area contributed by atoms with E-state index in [9.17, 15) is 14.4 Å². The van der Waals surface area contributed by atoms with Gasteiger partial charge in [-0.2, -0.15) is 0 Å². The Hall–Kier alpha value is -5.42. The van der Waals surface area contributed by atoms with E-state index in [1.807, 2.05) is 68.6 Å². The van der Waals surface area contributed by atoms with Crippen molar-refractivity contribution in [2.45, 2.75) is 53.3 Å². The molecule has 2 aromatic heterocycles. The Labute approximate surface area is 293 Å². The van der Waals surface area contributed by atoms with Gasteiger partial charge in [0.1, 0.15) is 0 Å². The van der Waals surface area contributed by atoms with E-state index in [1.165, 1.54) is 11.3 Å². The van der Waals surface area contributed by atoms with Crippen LogP contribution in [0.3, 0.4) is 0 Å². The zero-order valence-corrected chi connectivity index (χ0v) is 29.7. The molecule has 50 heavy (non-hydrogen) atoms. The molecule has 5 aromatic rings. The standard InChI is InChI=1S/C39H39N3O7S/c1-7-47-37(44)26-15-13-25(14-16-26)21-41-22-28(29-11-9-10-12-30(29)41)20-33-36(43)42-35(27-17-18-31(49-23(3)4)32(19-27)46-6)34(38(45)48-8-2)24(5)40-39(42)50-33/h9-20,22-23,35H,7-8,21H2,1-6H3/b33-20+/t35-/m1/s1. The molecule has 0 aliphatic carbocycles. The van der Waals surface area contributed by atoms with Crippen molar-refractivity contribution in [2.75, 3.05) is 20.3 Å². The van der Waals surface area contributed by atoms with Crippen molar-refractivity contribution in [3.05, 3.63) is 126 Å². The first kappa shape index (κ1) is 34.4. The Morgan fingerprint density at radius 2 is 1.68 bits per heavy atom. The molecule has 0 N–H and O–H groups in total. The largest absolute Gasteiger partial charge is 0.493 e. The molecule has 6 rings (SSSR count). The molecule has 0 saturated heterocycles. The van der Waals surface area contributed by atoms with Crippen LogP contribution in [0.4, 0.5) is 0 Å². The summed E-state index contributed by atoms with van der Waals surface area (Å²) >= 11 is 1.27. The van der Waals surface area contributed by atoms with Crippen LogP contribution in [0, 0.1) is 0 Å². The molecule has 0 bridgehead atoms. The van der Waals surface area contributed by atoms with Gasteiger partial charge in [0.15, 0.2) is 16.3 Å². The average Bonchev–Trinajstić information content (AvgIpc) is 3.60. The van der Waals surface area contributed by atoms with Gasteiger partial charge in [-0.05, 0) is 82.2 Å². The average molecular weight is 694 g/mol. The fourth-order valence-electron chi connectivity index (χ4n) is 6.13. The van der Waals surface area contributed by atoms with Crippen molar-refractivity contribution in [3.63, 3.8) is 0 Å². The number of benzene rings is 3. The minimum absolute atomic E-state index is 0.0764. The number of carbonyl (C=O) groups excluding carboxylic acids is 2. The monoisotopic (exact) mass is 693 g/mol. The van der Waals surface area contributed by atoms with E-state index in [4.69, 9.17) is 23.9 Å². The second-order valence-electron chi connectivity index (χ2n) is 12.0. The van der Waals surface area contributed by atoms with Crippen LogP contribution >= 0.6 is 11.3 Å². The van der Waals surface area contributed by atoms with Crippen molar-refractivity contribution in [3.8, 4) is 11.5 Å². The molecule has 0 unspecified atom stereocenters.